The van der Waals surface area contributed by atoms with Crippen LogP contribution in [-0.2, 0) is 0 Å². The average Bonchev–Trinajstić information content (AvgIpc) is 2.71. The van der Waals surface area contributed by atoms with Gasteiger partial charge in [-0.1, -0.05) is 6.07 Å². The van der Waals surface area contributed by atoms with Gasteiger partial charge in [-0.05, 0) is 35.7 Å². The van der Waals surface area contributed by atoms with E-state index in [9.17, 15) is 4.39 Å². The van der Waals surface area contributed by atoms with Crippen molar-refractivity contribution in [3.8, 4) is 0 Å². The second kappa shape index (κ2) is 3.90. The van der Waals surface area contributed by atoms with Crippen LogP contribution in [0.25, 0.3) is 0 Å². The molecule has 2 aromatic rings. The normalized spacial score (nSPS) is 12.7. The maximum absolute atomic E-state index is 12.7. The highest BCUT2D eigenvalue weighted by Gasteiger charge is 2.12. The maximum Gasteiger partial charge on any atom is 0.145 e. The van der Waals surface area contributed by atoms with Gasteiger partial charge in [-0.3, -0.25) is 0 Å². The van der Waals surface area contributed by atoms with Gasteiger partial charge in [-0.15, -0.1) is 11.3 Å². The molecule has 1 aromatic carbocycles. The lowest BCUT2D eigenvalue weighted by Gasteiger charge is -2.05. The Bertz CT molecular complexity index is 394. The molecule has 0 fully saturated rings. The minimum Gasteiger partial charge on any atom is -0.347 e. The molecule has 72 valence electrons. The van der Waals surface area contributed by atoms with Crippen LogP contribution >= 0.6 is 11.3 Å². The summed E-state index contributed by atoms with van der Waals surface area (Å²) in [6.07, 6.45) is 0. The molecule has 3 heteroatoms. The Morgan fingerprint density at radius 2 is 1.86 bits per heavy atom. The summed E-state index contributed by atoms with van der Waals surface area (Å²) >= 11 is 1.67. The molecule has 0 radical (unpaired) electrons. The van der Waals surface area contributed by atoms with E-state index in [1.54, 1.807) is 23.5 Å². The van der Waals surface area contributed by atoms with Crippen LogP contribution in [0.5, 0.6) is 0 Å². The molecule has 0 spiro atoms. The molecule has 0 amide bonds. The second-order valence-corrected chi connectivity index (χ2v) is 4.10. The molecular formula is C11H11FNS+. The molecule has 2 rings (SSSR count). The SMILES string of the molecule is [NH3+][C@H](c1ccc(F)cc1)c1cccs1. The fraction of sp³-hybridized carbons (Fsp3) is 0.0909. The number of rotatable bonds is 2. The summed E-state index contributed by atoms with van der Waals surface area (Å²) in [6, 6.07) is 10.7. The third-order valence-corrected chi connectivity index (χ3v) is 3.14. The third kappa shape index (κ3) is 1.84. The highest BCUT2D eigenvalue weighted by molar-refractivity contribution is 7.10. The summed E-state index contributed by atoms with van der Waals surface area (Å²) in [4.78, 5) is 1.21. The van der Waals surface area contributed by atoms with Crippen molar-refractivity contribution >= 4 is 11.3 Å². The number of thiophene rings is 1. The Kier molecular flexibility index (Phi) is 2.61. The van der Waals surface area contributed by atoms with E-state index < -0.39 is 0 Å². The smallest absolute Gasteiger partial charge is 0.145 e. The van der Waals surface area contributed by atoms with Crippen LogP contribution in [0.4, 0.5) is 4.39 Å². The van der Waals surface area contributed by atoms with Gasteiger partial charge in [-0.25, -0.2) is 4.39 Å². The molecule has 0 aliphatic rings. The standard InChI is InChI=1S/C11H10FNS/c12-9-5-3-8(4-6-9)11(13)10-2-1-7-14-10/h1-7,11H,13H2/p+1/t11-/m1/s1. The number of quaternary nitrogens is 1. The zero-order valence-electron chi connectivity index (χ0n) is 7.61. The van der Waals surface area contributed by atoms with Crippen LogP contribution < -0.4 is 5.73 Å². The molecule has 0 bridgehead atoms. The number of hydrogen-bond acceptors (Lipinski definition) is 1. The minimum absolute atomic E-state index is 0.107. The predicted molar refractivity (Wildman–Crippen MR) is 55.5 cm³/mol. The van der Waals surface area contributed by atoms with Crippen molar-refractivity contribution < 1.29 is 10.1 Å². The lowest BCUT2D eigenvalue weighted by atomic mass is 10.1. The van der Waals surface area contributed by atoms with Crippen molar-refractivity contribution in [3.63, 3.8) is 0 Å². The largest absolute Gasteiger partial charge is 0.347 e. The zero-order valence-corrected chi connectivity index (χ0v) is 8.43. The molecule has 1 atom stereocenters. The van der Waals surface area contributed by atoms with Crippen molar-refractivity contribution in [2.75, 3.05) is 0 Å². The molecule has 1 aromatic heterocycles. The quantitative estimate of drug-likeness (QED) is 0.783. The maximum atomic E-state index is 12.7. The highest BCUT2D eigenvalue weighted by atomic mass is 32.1. The van der Waals surface area contributed by atoms with Crippen LogP contribution in [-0.4, -0.2) is 0 Å². The molecule has 0 saturated heterocycles. The van der Waals surface area contributed by atoms with E-state index in [2.05, 4.69) is 5.73 Å². The van der Waals surface area contributed by atoms with Crippen LogP contribution in [0.3, 0.4) is 0 Å². The van der Waals surface area contributed by atoms with Crippen LogP contribution in [0.1, 0.15) is 16.5 Å². The Labute approximate surface area is 86.0 Å². The van der Waals surface area contributed by atoms with Crippen molar-refractivity contribution in [3.05, 3.63) is 58.0 Å². The van der Waals surface area contributed by atoms with Gasteiger partial charge in [0.05, 0.1) is 4.88 Å². The van der Waals surface area contributed by atoms with E-state index in [4.69, 9.17) is 0 Å². The van der Waals surface area contributed by atoms with Gasteiger partial charge in [-0.2, -0.15) is 0 Å². The van der Waals surface area contributed by atoms with Gasteiger partial charge >= 0.3 is 0 Å². The Morgan fingerprint density at radius 3 is 2.43 bits per heavy atom. The van der Waals surface area contributed by atoms with Gasteiger partial charge < -0.3 is 5.73 Å². The lowest BCUT2D eigenvalue weighted by Crippen LogP contribution is -2.53. The molecule has 0 aliphatic carbocycles. The summed E-state index contributed by atoms with van der Waals surface area (Å²) < 4.78 is 12.7. The molecular weight excluding hydrogens is 197 g/mol. The first-order chi connectivity index (χ1) is 6.77. The third-order valence-electron chi connectivity index (χ3n) is 2.16. The monoisotopic (exact) mass is 208 g/mol. The van der Waals surface area contributed by atoms with E-state index in [1.165, 1.54) is 17.0 Å². The highest BCUT2D eigenvalue weighted by Crippen LogP contribution is 2.21. The molecule has 0 saturated carbocycles. The fourth-order valence-corrected chi connectivity index (χ4v) is 2.12. The van der Waals surface area contributed by atoms with Crippen LogP contribution in [0, 0.1) is 5.82 Å². The molecule has 14 heavy (non-hydrogen) atoms. The van der Waals surface area contributed by atoms with E-state index in [1.807, 2.05) is 17.5 Å². The van der Waals surface area contributed by atoms with Gasteiger partial charge in [0, 0.05) is 5.56 Å². The van der Waals surface area contributed by atoms with Gasteiger partial charge in [0.1, 0.15) is 11.9 Å². The molecule has 3 N–H and O–H groups in total. The Balaban J connectivity index is 2.28. The Morgan fingerprint density at radius 1 is 1.14 bits per heavy atom. The van der Waals surface area contributed by atoms with Crippen LogP contribution in [0.2, 0.25) is 0 Å². The van der Waals surface area contributed by atoms with Crippen LogP contribution in [0.15, 0.2) is 41.8 Å². The van der Waals surface area contributed by atoms with E-state index in [-0.39, 0.29) is 11.9 Å². The number of halogens is 1. The van der Waals surface area contributed by atoms with Crippen molar-refractivity contribution in [2.24, 2.45) is 0 Å². The molecule has 1 heterocycles. The van der Waals surface area contributed by atoms with Gasteiger partial charge in [0.2, 0.25) is 0 Å². The van der Waals surface area contributed by atoms with Crippen molar-refractivity contribution in [1.29, 1.82) is 0 Å². The van der Waals surface area contributed by atoms with E-state index in [0.717, 1.165) is 5.56 Å². The summed E-state index contributed by atoms with van der Waals surface area (Å²) in [7, 11) is 0. The minimum atomic E-state index is -0.202. The average molecular weight is 208 g/mol. The summed E-state index contributed by atoms with van der Waals surface area (Å²) in [5.41, 5.74) is 5.12. The summed E-state index contributed by atoms with van der Waals surface area (Å²) in [6.45, 7) is 0. The van der Waals surface area contributed by atoms with Crippen molar-refractivity contribution in [1.82, 2.24) is 0 Å². The molecule has 0 unspecified atom stereocenters. The van der Waals surface area contributed by atoms with Crippen molar-refractivity contribution in [2.45, 2.75) is 6.04 Å². The predicted octanol–water partition coefficient (Wildman–Crippen LogP) is 2.22. The summed E-state index contributed by atoms with van der Waals surface area (Å²) in [5.74, 6) is -0.202. The van der Waals surface area contributed by atoms with Gasteiger partial charge in [0.25, 0.3) is 0 Å². The first-order valence-electron chi connectivity index (χ1n) is 4.39. The first kappa shape index (κ1) is 9.37. The fourth-order valence-electron chi connectivity index (χ4n) is 1.35. The summed E-state index contributed by atoms with van der Waals surface area (Å²) in [5, 5.41) is 2.02. The first-order valence-corrected chi connectivity index (χ1v) is 5.27. The van der Waals surface area contributed by atoms with E-state index >= 15 is 0 Å². The second-order valence-electron chi connectivity index (χ2n) is 3.12. The molecule has 1 nitrogen and oxygen atoms in total. The lowest BCUT2D eigenvalue weighted by molar-refractivity contribution is -0.410. The van der Waals surface area contributed by atoms with Gasteiger partial charge in [0.15, 0.2) is 0 Å². The number of benzene rings is 1. The topological polar surface area (TPSA) is 27.6 Å². The molecule has 0 aliphatic heterocycles. The number of hydrogen-bond donors (Lipinski definition) is 1. The van der Waals surface area contributed by atoms with E-state index in [0.29, 0.717) is 0 Å². The Hall–Kier alpha value is -1.19. The zero-order chi connectivity index (χ0) is 9.97.